The molecule has 0 aliphatic rings. The van der Waals surface area contributed by atoms with Crippen molar-refractivity contribution in [2.45, 2.75) is 0 Å². The molecule has 0 bridgehead atoms. The predicted octanol–water partition coefficient (Wildman–Crippen LogP) is 1.47. The zero-order valence-corrected chi connectivity index (χ0v) is 9.70. The van der Waals surface area contributed by atoms with Gasteiger partial charge < -0.3 is 14.4 Å². The van der Waals surface area contributed by atoms with E-state index in [0.29, 0.717) is 11.2 Å². The first-order valence-electron chi connectivity index (χ1n) is 5.50. The van der Waals surface area contributed by atoms with Gasteiger partial charge in [0.1, 0.15) is 6.26 Å². The van der Waals surface area contributed by atoms with Crippen LogP contribution in [0.15, 0.2) is 52.3 Å². The molecule has 7 nitrogen and oxygen atoms in total. The minimum absolute atomic E-state index is 0.492. The number of H-pyrrole nitrogens is 2. The molecule has 0 saturated carbocycles. The number of aromatic nitrogens is 5. The first-order chi connectivity index (χ1) is 9.34. The molecule has 3 heterocycles. The summed E-state index contributed by atoms with van der Waals surface area (Å²) in [6.45, 7) is 0. The third-order valence-corrected chi connectivity index (χ3v) is 2.46. The standard InChI is InChI=1S/C12H9N5O2/c18-12-13-4-6-19-5-2-1-3-8-10-9(7-14-12)15-11(10)17-16-8/h1-7H,(H,13,18)(H,15,16,17). The molecular formula is C12H9N5O2. The van der Waals surface area contributed by atoms with Gasteiger partial charge in [0.25, 0.3) is 0 Å². The molecule has 0 saturated heterocycles. The van der Waals surface area contributed by atoms with Crippen molar-refractivity contribution in [3.05, 3.63) is 53.6 Å². The molecule has 0 amide bonds. The van der Waals surface area contributed by atoms with Gasteiger partial charge in [0.2, 0.25) is 0 Å². The summed E-state index contributed by atoms with van der Waals surface area (Å²) in [5.41, 5.74) is 1.63. The number of hydrogen-bond acceptors (Lipinski definition) is 5. The van der Waals surface area contributed by atoms with Crippen molar-refractivity contribution in [1.29, 1.82) is 0 Å². The van der Waals surface area contributed by atoms with Gasteiger partial charge in [0.05, 0.1) is 28.9 Å². The number of rotatable bonds is 0. The molecule has 0 aliphatic heterocycles. The Morgan fingerprint density at radius 1 is 1.16 bits per heavy atom. The molecule has 2 N–H and O–H groups in total. The molecule has 0 spiro atoms. The monoisotopic (exact) mass is 255 g/mol. The van der Waals surface area contributed by atoms with Gasteiger partial charge in [-0.15, -0.1) is 10.2 Å². The van der Waals surface area contributed by atoms with E-state index in [1.165, 1.54) is 24.9 Å². The number of nitrogens with zero attached hydrogens (tertiary/aromatic N) is 3. The van der Waals surface area contributed by atoms with Gasteiger partial charge in [0.15, 0.2) is 5.65 Å². The fourth-order valence-electron chi connectivity index (χ4n) is 1.61. The highest BCUT2D eigenvalue weighted by atomic mass is 16.3. The minimum atomic E-state index is -0.492. The van der Waals surface area contributed by atoms with E-state index in [9.17, 15) is 4.79 Å². The SMILES string of the molecule is O=c1ncc2[nH]c3nnc(ccccocc[nH]1)c23. The first-order valence-corrected chi connectivity index (χ1v) is 5.50. The van der Waals surface area contributed by atoms with E-state index in [2.05, 4.69) is 25.1 Å². The van der Waals surface area contributed by atoms with E-state index in [1.54, 1.807) is 18.2 Å². The van der Waals surface area contributed by atoms with Crippen LogP contribution in [0.3, 0.4) is 0 Å². The van der Waals surface area contributed by atoms with Crippen LogP contribution in [-0.2, 0) is 0 Å². The summed E-state index contributed by atoms with van der Waals surface area (Å²) < 4.78 is 5.00. The minimum Gasteiger partial charge on any atom is -0.471 e. The molecule has 7 heteroatoms. The molecule has 0 atom stereocenters. The lowest BCUT2D eigenvalue weighted by molar-refractivity contribution is 0.552. The third-order valence-electron chi connectivity index (χ3n) is 2.46. The van der Waals surface area contributed by atoms with E-state index in [1.807, 2.05) is 0 Å². The van der Waals surface area contributed by atoms with Gasteiger partial charge in [-0.3, -0.25) is 0 Å². The van der Waals surface area contributed by atoms with Crippen molar-refractivity contribution >= 4 is 22.1 Å². The maximum Gasteiger partial charge on any atom is 0.345 e. The lowest BCUT2D eigenvalue weighted by atomic mass is 10.2. The molecule has 0 fully saturated rings. The molecule has 0 aromatic carbocycles. The highest BCUT2D eigenvalue weighted by Gasteiger charge is 2.08. The highest BCUT2D eigenvalue weighted by Crippen LogP contribution is 2.22. The Balaban J connectivity index is 2.32. The van der Waals surface area contributed by atoms with Gasteiger partial charge >= 0.3 is 5.69 Å². The smallest absolute Gasteiger partial charge is 0.345 e. The van der Waals surface area contributed by atoms with Gasteiger partial charge in [-0.1, -0.05) is 6.07 Å². The second-order valence-electron chi connectivity index (χ2n) is 3.68. The van der Waals surface area contributed by atoms with Crippen LogP contribution in [0, 0.1) is 0 Å². The van der Waals surface area contributed by atoms with Crippen LogP contribution in [0.2, 0.25) is 0 Å². The van der Waals surface area contributed by atoms with Crippen LogP contribution in [0.1, 0.15) is 0 Å². The van der Waals surface area contributed by atoms with Crippen LogP contribution in [-0.4, -0.2) is 25.1 Å². The lowest BCUT2D eigenvalue weighted by Gasteiger charge is -1.95. The number of hydrogen-bond donors (Lipinski definition) is 2. The second-order valence-corrected chi connectivity index (χ2v) is 3.68. The molecular weight excluding hydrogens is 246 g/mol. The summed E-state index contributed by atoms with van der Waals surface area (Å²) >= 11 is 0. The molecule has 0 radical (unpaired) electrons. The van der Waals surface area contributed by atoms with Gasteiger partial charge in [-0.25, -0.2) is 4.79 Å². The van der Waals surface area contributed by atoms with Crippen molar-refractivity contribution in [1.82, 2.24) is 25.1 Å². The molecule has 19 heavy (non-hydrogen) atoms. The van der Waals surface area contributed by atoms with Crippen LogP contribution in [0.4, 0.5) is 0 Å². The maximum absolute atomic E-state index is 11.3. The van der Waals surface area contributed by atoms with Crippen LogP contribution < -0.4 is 5.69 Å². The molecule has 3 rings (SSSR count). The molecule has 0 unspecified atom stereocenters. The number of nitrogens with one attached hydrogen (secondary N) is 2. The molecule has 3 aromatic rings. The topological polar surface area (TPSA) is 100 Å². The van der Waals surface area contributed by atoms with Crippen LogP contribution in [0.5, 0.6) is 0 Å². The van der Waals surface area contributed by atoms with E-state index in [0.717, 1.165) is 10.9 Å². The van der Waals surface area contributed by atoms with Crippen LogP contribution >= 0.6 is 0 Å². The average Bonchev–Trinajstić information content (AvgIpc) is 2.69. The van der Waals surface area contributed by atoms with Crippen molar-refractivity contribution in [3.63, 3.8) is 0 Å². The number of aromatic amines is 2. The summed E-state index contributed by atoms with van der Waals surface area (Å²) in [5.74, 6) is 0. The summed E-state index contributed by atoms with van der Waals surface area (Å²) in [7, 11) is 0. The van der Waals surface area contributed by atoms with Gasteiger partial charge in [0, 0.05) is 6.20 Å². The first kappa shape index (κ1) is 11.1. The quantitative estimate of drug-likeness (QED) is 0.633. The van der Waals surface area contributed by atoms with Crippen molar-refractivity contribution < 1.29 is 4.42 Å². The Morgan fingerprint density at radius 2 is 2.11 bits per heavy atom. The third kappa shape index (κ3) is 2.21. The van der Waals surface area contributed by atoms with Gasteiger partial charge in [-0.05, 0) is 12.1 Å². The Morgan fingerprint density at radius 3 is 3.05 bits per heavy atom. The zero-order valence-electron chi connectivity index (χ0n) is 9.70. The Labute approximate surface area is 106 Å². The van der Waals surface area contributed by atoms with E-state index < -0.39 is 5.69 Å². The summed E-state index contributed by atoms with van der Waals surface area (Å²) in [6, 6.07) is 5.30. The largest absolute Gasteiger partial charge is 0.471 e. The highest BCUT2D eigenvalue weighted by molar-refractivity contribution is 6.07. The summed E-state index contributed by atoms with van der Waals surface area (Å²) in [6.07, 6.45) is 5.61. The zero-order chi connectivity index (χ0) is 13.1. The van der Waals surface area contributed by atoms with Crippen LogP contribution in [0.25, 0.3) is 22.1 Å². The Hall–Kier alpha value is -2.96. The summed E-state index contributed by atoms with van der Waals surface area (Å²) in [5, 5.41) is 8.82. The Kier molecular flexibility index (Phi) is 2.77. The predicted molar refractivity (Wildman–Crippen MR) is 68.5 cm³/mol. The maximum atomic E-state index is 11.3. The average molecular weight is 255 g/mol. The van der Waals surface area contributed by atoms with E-state index in [4.69, 9.17) is 4.42 Å². The van der Waals surface area contributed by atoms with Gasteiger partial charge in [-0.2, -0.15) is 4.98 Å². The van der Waals surface area contributed by atoms with E-state index in [-0.39, 0.29) is 0 Å². The van der Waals surface area contributed by atoms with E-state index >= 15 is 0 Å². The van der Waals surface area contributed by atoms with Crippen molar-refractivity contribution in [2.75, 3.05) is 0 Å². The molecule has 3 aromatic heterocycles. The fraction of sp³-hybridized carbons (Fsp3) is 0. The fourth-order valence-corrected chi connectivity index (χ4v) is 1.61. The Bertz CT molecular complexity index is 860. The summed E-state index contributed by atoms with van der Waals surface area (Å²) in [4.78, 5) is 20.5. The lowest BCUT2D eigenvalue weighted by Crippen LogP contribution is -2.04. The van der Waals surface area contributed by atoms with Crippen molar-refractivity contribution in [2.24, 2.45) is 0 Å². The normalized spacial score (nSPS) is 10.3. The molecule has 0 aliphatic carbocycles. The molecule has 94 valence electrons. The second kappa shape index (κ2) is 4.73. The van der Waals surface area contributed by atoms with Crippen molar-refractivity contribution in [3.8, 4) is 0 Å².